The number of phenolic OH excluding ortho intramolecular Hbond substituents is 1. The highest BCUT2D eigenvalue weighted by Gasteiger charge is 2.08. The number of nitrogens with one attached hydrogen (secondary N) is 1. The van der Waals surface area contributed by atoms with Crippen molar-refractivity contribution in [3.8, 4) is 16.9 Å². The molecule has 2 heterocycles. The number of aromatic nitrogens is 3. The van der Waals surface area contributed by atoms with E-state index in [-0.39, 0.29) is 5.75 Å². The Labute approximate surface area is 155 Å². The highest BCUT2D eigenvalue weighted by atomic mass is 35.5. The molecule has 0 saturated heterocycles. The van der Waals surface area contributed by atoms with Crippen molar-refractivity contribution in [2.24, 2.45) is 0 Å². The van der Waals surface area contributed by atoms with Gasteiger partial charge in [-0.15, -0.1) is 0 Å². The maximum atomic E-state index is 9.84. The quantitative estimate of drug-likeness (QED) is 0.530. The van der Waals surface area contributed by atoms with E-state index in [0.717, 1.165) is 33.4 Å². The van der Waals surface area contributed by atoms with Gasteiger partial charge in [0.25, 0.3) is 0 Å². The summed E-state index contributed by atoms with van der Waals surface area (Å²) in [5, 5.41) is 14.3. The number of rotatable bonds is 3. The van der Waals surface area contributed by atoms with Crippen molar-refractivity contribution in [3.05, 3.63) is 71.6 Å². The van der Waals surface area contributed by atoms with E-state index in [0.29, 0.717) is 11.0 Å². The standard InChI is InChI=1S/C20H15ClN4O/c1-12-16-9-13(14-4-6-17(21)19(26)10-14)5-7-18(16)25-20(23-12)24-15-3-2-8-22-11-15/h2-11,26H,1H3,(H,23,24,25). The van der Waals surface area contributed by atoms with Crippen molar-refractivity contribution in [3.63, 3.8) is 0 Å². The number of fused-ring (bicyclic) bond motifs is 1. The zero-order valence-electron chi connectivity index (χ0n) is 13.9. The van der Waals surface area contributed by atoms with Crippen LogP contribution in [0.5, 0.6) is 5.75 Å². The van der Waals surface area contributed by atoms with Gasteiger partial charge in [0.1, 0.15) is 5.75 Å². The van der Waals surface area contributed by atoms with Gasteiger partial charge in [-0.25, -0.2) is 9.97 Å². The van der Waals surface area contributed by atoms with Crippen LogP contribution in [0.1, 0.15) is 5.69 Å². The lowest BCUT2D eigenvalue weighted by Crippen LogP contribution is -2.00. The first-order valence-corrected chi connectivity index (χ1v) is 8.42. The van der Waals surface area contributed by atoms with E-state index in [9.17, 15) is 5.11 Å². The van der Waals surface area contributed by atoms with Crippen molar-refractivity contribution >= 4 is 34.1 Å². The van der Waals surface area contributed by atoms with Gasteiger partial charge >= 0.3 is 0 Å². The number of halogens is 1. The molecule has 0 fully saturated rings. The maximum Gasteiger partial charge on any atom is 0.228 e. The molecule has 0 aliphatic rings. The smallest absolute Gasteiger partial charge is 0.228 e. The summed E-state index contributed by atoms with van der Waals surface area (Å²) in [6.07, 6.45) is 3.44. The molecular formula is C20H15ClN4O. The number of aromatic hydroxyl groups is 1. The van der Waals surface area contributed by atoms with E-state index in [1.807, 2.05) is 43.3 Å². The third-order valence-electron chi connectivity index (χ3n) is 4.08. The number of aryl methyl sites for hydroxylation is 1. The van der Waals surface area contributed by atoms with Crippen molar-refractivity contribution in [2.75, 3.05) is 5.32 Å². The third-order valence-corrected chi connectivity index (χ3v) is 4.40. The lowest BCUT2D eigenvalue weighted by atomic mass is 10.0. The van der Waals surface area contributed by atoms with E-state index in [1.54, 1.807) is 24.5 Å². The fraction of sp³-hybridized carbons (Fsp3) is 0.0500. The number of hydrogen-bond acceptors (Lipinski definition) is 5. The topological polar surface area (TPSA) is 70.9 Å². The van der Waals surface area contributed by atoms with Crippen molar-refractivity contribution < 1.29 is 5.11 Å². The van der Waals surface area contributed by atoms with Crippen LogP contribution in [0.25, 0.3) is 22.0 Å². The Balaban J connectivity index is 1.74. The van der Waals surface area contributed by atoms with Gasteiger partial charge < -0.3 is 10.4 Å². The Kier molecular flexibility index (Phi) is 4.14. The minimum Gasteiger partial charge on any atom is -0.506 e. The maximum absolute atomic E-state index is 9.84. The van der Waals surface area contributed by atoms with Crippen LogP contribution in [-0.4, -0.2) is 20.1 Å². The van der Waals surface area contributed by atoms with Crippen LogP contribution in [0.3, 0.4) is 0 Å². The number of hydrogen-bond donors (Lipinski definition) is 2. The van der Waals surface area contributed by atoms with Crippen LogP contribution < -0.4 is 5.32 Å². The predicted octanol–water partition coefficient (Wildman–Crippen LogP) is 5.10. The van der Waals surface area contributed by atoms with Crippen LogP contribution in [0.2, 0.25) is 5.02 Å². The molecule has 0 radical (unpaired) electrons. The van der Waals surface area contributed by atoms with Crippen LogP contribution in [-0.2, 0) is 0 Å². The largest absolute Gasteiger partial charge is 0.506 e. The molecule has 0 atom stereocenters. The summed E-state index contributed by atoms with van der Waals surface area (Å²) >= 11 is 5.89. The molecule has 2 aromatic carbocycles. The Morgan fingerprint density at radius 2 is 1.81 bits per heavy atom. The first kappa shape index (κ1) is 16.3. The first-order valence-electron chi connectivity index (χ1n) is 8.04. The van der Waals surface area contributed by atoms with Crippen molar-refractivity contribution in [2.45, 2.75) is 6.92 Å². The zero-order valence-corrected chi connectivity index (χ0v) is 14.7. The minimum atomic E-state index is 0.0632. The Morgan fingerprint density at radius 1 is 1.00 bits per heavy atom. The number of benzene rings is 2. The van der Waals surface area contributed by atoms with E-state index >= 15 is 0 Å². The second-order valence-electron chi connectivity index (χ2n) is 5.90. The average molecular weight is 363 g/mol. The fourth-order valence-corrected chi connectivity index (χ4v) is 2.89. The van der Waals surface area contributed by atoms with Crippen LogP contribution in [0.15, 0.2) is 60.9 Å². The lowest BCUT2D eigenvalue weighted by Gasteiger charge is -2.10. The van der Waals surface area contributed by atoms with Gasteiger partial charge in [-0.05, 0) is 54.4 Å². The monoisotopic (exact) mass is 362 g/mol. The van der Waals surface area contributed by atoms with E-state index < -0.39 is 0 Å². The molecule has 4 aromatic rings. The summed E-state index contributed by atoms with van der Waals surface area (Å²) in [5.74, 6) is 0.591. The predicted molar refractivity (Wildman–Crippen MR) is 104 cm³/mol. The van der Waals surface area contributed by atoms with Crippen molar-refractivity contribution in [1.29, 1.82) is 0 Å². The summed E-state index contributed by atoms with van der Waals surface area (Å²) in [7, 11) is 0. The Hall–Kier alpha value is -3.18. The molecule has 0 bridgehead atoms. The molecule has 26 heavy (non-hydrogen) atoms. The van der Waals surface area contributed by atoms with Gasteiger partial charge in [0.15, 0.2) is 0 Å². The lowest BCUT2D eigenvalue weighted by molar-refractivity contribution is 0.476. The van der Waals surface area contributed by atoms with E-state index in [1.165, 1.54) is 0 Å². The van der Waals surface area contributed by atoms with Gasteiger partial charge in [0, 0.05) is 11.6 Å². The fourth-order valence-electron chi connectivity index (χ4n) is 2.77. The van der Waals surface area contributed by atoms with Crippen LogP contribution in [0.4, 0.5) is 11.6 Å². The highest BCUT2D eigenvalue weighted by molar-refractivity contribution is 6.32. The van der Waals surface area contributed by atoms with Crippen molar-refractivity contribution in [1.82, 2.24) is 15.0 Å². The van der Waals surface area contributed by atoms with Gasteiger partial charge in [0.05, 0.1) is 28.1 Å². The van der Waals surface area contributed by atoms with Gasteiger partial charge in [-0.2, -0.15) is 0 Å². The second kappa shape index (κ2) is 6.61. The molecular weight excluding hydrogens is 348 g/mol. The molecule has 128 valence electrons. The number of phenols is 1. The molecule has 0 unspecified atom stereocenters. The average Bonchev–Trinajstić information content (AvgIpc) is 2.65. The minimum absolute atomic E-state index is 0.0632. The molecule has 6 heteroatoms. The molecule has 0 aliphatic carbocycles. The summed E-state index contributed by atoms with van der Waals surface area (Å²) in [6.45, 7) is 1.95. The summed E-state index contributed by atoms with van der Waals surface area (Å²) in [5.41, 5.74) is 4.38. The molecule has 0 spiro atoms. The molecule has 4 rings (SSSR count). The number of anilines is 2. The van der Waals surface area contributed by atoms with Gasteiger partial charge in [-0.1, -0.05) is 23.7 Å². The second-order valence-corrected chi connectivity index (χ2v) is 6.30. The third kappa shape index (κ3) is 3.17. The van der Waals surface area contributed by atoms with Crippen LogP contribution >= 0.6 is 11.6 Å². The summed E-state index contributed by atoms with van der Waals surface area (Å²) in [6, 6.07) is 14.9. The molecule has 0 saturated carbocycles. The first-order chi connectivity index (χ1) is 12.6. The SMILES string of the molecule is Cc1nc(Nc2cccnc2)nc2ccc(-c3ccc(Cl)c(O)c3)cc12. The summed E-state index contributed by atoms with van der Waals surface area (Å²) in [4.78, 5) is 13.2. The Bertz CT molecular complexity index is 1100. The normalized spacial score (nSPS) is 10.8. The molecule has 5 nitrogen and oxygen atoms in total. The van der Waals surface area contributed by atoms with Gasteiger partial charge in [0.2, 0.25) is 5.95 Å². The Morgan fingerprint density at radius 3 is 2.58 bits per heavy atom. The van der Waals surface area contributed by atoms with Crippen LogP contribution in [0, 0.1) is 6.92 Å². The zero-order chi connectivity index (χ0) is 18.1. The molecule has 0 aliphatic heterocycles. The number of pyridine rings is 1. The molecule has 2 aromatic heterocycles. The molecule has 2 N–H and O–H groups in total. The van der Waals surface area contributed by atoms with E-state index in [2.05, 4.69) is 20.3 Å². The molecule has 0 amide bonds. The summed E-state index contributed by atoms with van der Waals surface area (Å²) < 4.78 is 0. The van der Waals surface area contributed by atoms with Gasteiger partial charge in [-0.3, -0.25) is 4.98 Å². The van der Waals surface area contributed by atoms with E-state index in [4.69, 9.17) is 11.6 Å². The number of nitrogens with zero attached hydrogens (tertiary/aromatic N) is 3. The highest BCUT2D eigenvalue weighted by Crippen LogP contribution is 2.31.